The lowest BCUT2D eigenvalue weighted by Crippen LogP contribution is -2.03. The lowest BCUT2D eigenvalue weighted by molar-refractivity contribution is -0.385. The van der Waals surface area contributed by atoms with Crippen LogP contribution in [0, 0.1) is 17.0 Å². The molecule has 0 saturated heterocycles. The number of carboxylic acids is 1. The van der Waals surface area contributed by atoms with Gasteiger partial charge >= 0.3 is 5.97 Å². The summed E-state index contributed by atoms with van der Waals surface area (Å²) >= 11 is 0. The quantitative estimate of drug-likeness (QED) is 0.673. The molecule has 0 aliphatic carbocycles. The van der Waals surface area contributed by atoms with Gasteiger partial charge in [0.25, 0.3) is 5.69 Å². The van der Waals surface area contributed by atoms with Crippen molar-refractivity contribution < 1.29 is 19.6 Å². The number of carbonyl (C=O) groups is 1. The zero-order valence-corrected chi connectivity index (χ0v) is 11.3. The summed E-state index contributed by atoms with van der Waals surface area (Å²) in [5.74, 6) is -0.853. The molecule has 0 atom stereocenters. The van der Waals surface area contributed by atoms with E-state index in [1.165, 1.54) is 12.1 Å². The molecule has 0 spiro atoms. The molecule has 0 saturated carbocycles. The molecule has 6 nitrogen and oxygen atoms in total. The predicted octanol–water partition coefficient (Wildman–Crippen LogP) is 3.18. The molecule has 0 heterocycles. The van der Waals surface area contributed by atoms with Crippen molar-refractivity contribution in [2.75, 3.05) is 0 Å². The summed E-state index contributed by atoms with van der Waals surface area (Å²) < 4.78 is 5.46. The van der Waals surface area contributed by atoms with Crippen molar-refractivity contribution in [1.82, 2.24) is 0 Å². The topological polar surface area (TPSA) is 89.7 Å². The van der Waals surface area contributed by atoms with E-state index in [-0.39, 0.29) is 23.6 Å². The second-order valence-electron chi connectivity index (χ2n) is 4.47. The van der Waals surface area contributed by atoms with Crippen molar-refractivity contribution in [3.05, 3.63) is 69.3 Å². The summed E-state index contributed by atoms with van der Waals surface area (Å²) in [7, 11) is 0. The van der Waals surface area contributed by atoms with E-state index in [1.54, 1.807) is 37.3 Å². The summed E-state index contributed by atoms with van der Waals surface area (Å²) in [5, 5.41) is 19.9. The summed E-state index contributed by atoms with van der Waals surface area (Å²) in [5.41, 5.74) is 1.24. The fourth-order valence-corrected chi connectivity index (χ4v) is 1.87. The summed E-state index contributed by atoms with van der Waals surface area (Å²) in [6, 6.07) is 11.0. The molecule has 108 valence electrons. The van der Waals surface area contributed by atoms with Gasteiger partial charge in [-0.2, -0.15) is 0 Å². The van der Waals surface area contributed by atoms with E-state index in [9.17, 15) is 14.9 Å². The van der Waals surface area contributed by atoms with E-state index in [2.05, 4.69) is 0 Å². The molecule has 0 fully saturated rings. The van der Waals surface area contributed by atoms with Gasteiger partial charge in [0.15, 0.2) is 0 Å². The fourth-order valence-electron chi connectivity index (χ4n) is 1.87. The zero-order valence-electron chi connectivity index (χ0n) is 11.3. The standard InChI is InChI=1S/C15H13NO5/c1-10-6-7-11(8-13(10)16(19)20)9-21-14-5-3-2-4-12(14)15(17)18/h2-8H,9H2,1H3,(H,17,18). The highest BCUT2D eigenvalue weighted by molar-refractivity contribution is 5.90. The maximum absolute atomic E-state index is 11.1. The molecule has 6 heteroatoms. The number of nitrogens with zero attached hydrogens (tertiary/aromatic N) is 1. The predicted molar refractivity (Wildman–Crippen MR) is 75.6 cm³/mol. The number of nitro benzene ring substituents is 1. The van der Waals surface area contributed by atoms with E-state index in [4.69, 9.17) is 9.84 Å². The molecule has 0 bridgehead atoms. The maximum Gasteiger partial charge on any atom is 0.339 e. The molecule has 1 N–H and O–H groups in total. The third kappa shape index (κ3) is 3.36. The first-order valence-electron chi connectivity index (χ1n) is 6.18. The molecule has 21 heavy (non-hydrogen) atoms. The number of hydrogen-bond acceptors (Lipinski definition) is 4. The van der Waals surface area contributed by atoms with Gasteiger partial charge in [0.05, 0.1) is 4.92 Å². The van der Waals surface area contributed by atoms with Crippen molar-refractivity contribution in [3.8, 4) is 5.75 Å². The van der Waals surface area contributed by atoms with E-state index in [0.29, 0.717) is 11.1 Å². The van der Waals surface area contributed by atoms with Gasteiger partial charge in [0.1, 0.15) is 17.9 Å². The van der Waals surface area contributed by atoms with E-state index in [1.807, 2.05) is 0 Å². The lowest BCUT2D eigenvalue weighted by atomic mass is 10.1. The smallest absolute Gasteiger partial charge is 0.339 e. The van der Waals surface area contributed by atoms with Gasteiger partial charge < -0.3 is 9.84 Å². The number of aromatic carboxylic acids is 1. The van der Waals surface area contributed by atoms with Gasteiger partial charge in [-0.1, -0.05) is 24.3 Å². The third-order valence-corrected chi connectivity index (χ3v) is 2.98. The second-order valence-corrected chi connectivity index (χ2v) is 4.47. The fraction of sp³-hybridized carbons (Fsp3) is 0.133. The van der Waals surface area contributed by atoms with Crippen molar-refractivity contribution in [2.24, 2.45) is 0 Å². The van der Waals surface area contributed by atoms with Gasteiger partial charge in [-0.15, -0.1) is 0 Å². The maximum atomic E-state index is 11.1. The van der Waals surface area contributed by atoms with Crippen LogP contribution in [-0.2, 0) is 6.61 Å². The average Bonchev–Trinajstić information content (AvgIpc) is 2.46. The summed E-state index contributed by atoms with van der Waals surface area (Å²) in [6.45, 7) is 1.72. The Kier molecular flexibility index (Phi) is 4.18. The highest BCUT2D eigenvalue weighted by atomic mass is 16.6. The number of para-hydroxylation sites is 1. The van der Waals surface area contributed by atoms with Crippen LogP contribution in [0.3, 0.4) is 0 Å². The van der Waals surface area contributed by atoms with Crippen molar-refractivity contribution in [3.63, 3.8) is 0 Å². The summed E-state index contributed by atoms with van der Waals surface area (Å²) in [6.07, 6.45) is 0. The molecule has 0 aliphatic rings. The van der Waals surface area contributed by atoms with Crippen LogP contribution in [0.2, 0.25) is 0 Å². The molecule has 0 aromatic heterocycles. The Bertz CT molecular complexity index is 696. The number of hydrogen-bond donors (Lipinski definition) is 1. The third-order valence-electron chi connectivity index (χ3n) is 2.98. The summed E-state index contributed by atoms with van der Waals surface area (Å²) in [4.78, 5) is 21.5. The molecule has 0 radical (unpaired) electrons. The van der Waals surface area contributed by atoms with Gasteiger partial charge in [-0.25, -0.2) is 4.79 Å². The monoisotopic (exact) mass is 287 g/mol. The number of rotatable bonds is 5. The van der Waals surface area contributed by atoms with Crippen LogP contribution in [0.15, 0.2) is 42.5 Å². The van der Waals surface area contributed by atoms with Crippen LogP contribution in [-0.4, -0.2) is 16.0 Å². The molecule has 2 aromatic rings. The number of aryl methyl sites for hydroxylation is 1. The minimum Gasteiger partial charge on any atom is -0.488 e. The Morgan fingerprint density at radius 1 is 1.29 bits per heavy atom. The Balaban J connectivity index is 2.19. The SMILES string of the molecule is Cc1ccc(COc2ccccc2C(=O)O)cc1[N+](=O)[O-]. The first-order chi connectivity index (χ1) is 9.99. The molecular weight excluding hydrogens is 274 g/mol. The Hall–Kier alpha value is -2.89. The molecular formula is C15H13NO5. The zero-order chi connectivity index (χ0) is 15.4. The van der Waals surface area contributed by atoms with Crippen LogP contribution in [0.4, 0.5) is 5.69 Å². The normalized spacial score (nSPS) is 10.1. The van der Waals surface area contributed by atoms with Crippen LogP contribution in [0.5, 0.6) is 5.75 Å². The van der Waals surface area contributed by atoms with E-state index < -0.39 is 10.9 Å². The van der Waals surface area contributed by atoms with Gasteiger partial charge in [0, 0.05) is 11.6 Å². The van der Waals surface area contributed by atoms with E-state index in [0.717, 1.165) is 0 Å². The molecule has 2 aromatic carbocycles. The number of ether oxygens (including phenoxy) is 1. The van der Waals surface area contributed by atoms with Crippen LogP contribution < -0.4 is 4.74 Å². The molecule has 0 aliphatic heterocycles. The van der Waals surface area contributed by atoms with Gasteiger partial charge in [0.2, 0.25) is 0 Å². The number of nitro groups is 1. The number of benzene rings is 2. The Labute approximate surface area is 120 Å². The van der Waals surface area contributed by atoms with Crippen LogP contribution in [0.25, 0.3) is 0 Å². The van der Waals surface area contributed by atoms with Crippen LogP contribution in [0.1, 0.15) is 21.5 Å². The van der Waals surface area contributed by atoms with Gasteiger partial charge in [-0.05, 0) is 24.6 Å². The van der Waals surface area contributed by atoms with Crippen molar-refractivity contribution in [2.45, 2.75) is 13.5 Å². The second kappa shape index (κ2) is 6.04. The van der Waals surface area contributed by atoms with Gasteiger partial charge in [-0.3, -0.25) is 10.1 Å². The Morgan fingerprint density at radius 3 is 2.67 bits per heavy atom. The first kappa shape index (κ1) is 14.5. The minimum atomic E-state index is -1.08. The highest BCUT2D eigenvalue weighted by Crippen LogP contribution is 2.22. The van der Waals surface area contributed by atoms with E-state index >= 15 is 0 Å². The van der Waals surface area contributed by atoms with Crippen molar-refractivity contribution >= 4 is 11.7 Å². The highest BCUT2D eigenvalue weighted by Gasteiger charge is 2.13. The van der Waals surface area contributed by atoms with Crippen LogP contribution >= 0.6 is 0 Å². The first-order valence-corrected chi connectivity index (χ1v) is 6.18. The molecule has 2 rings (SSSR count). The van der Waals surface area contributed by atoms with Crippen molar-refractivity contribution in [1.29, 1.82) is 0 Å². The lowest BCUT2D eigenvalue weighted by Gasteiger charge is -2.09. The Morgan fingerprint density at radius 2 is 2.00 bits per heavy atom. The number of carboxylic acid groups (broad SMARTS) is 1. The largest absolute Gasteiger partial charge is 0.488 e. The molecule has 0 amide bonds. The molecule has 0 unspecified atom stereocenters. The minimum absolute atomic E-state index is 0.0163. The average molecular weight is 287 g/mol.